The van der Waals surface area contributed by atoms with Gasteiger partial charge in [0.1, 0.15) is 5.92 Å². The second kappa shape index (κ2) is 6.34. The van der Waals surface area contributed by atoms with Gasteiger partial charge in [-0.3, -0.25) is 20.2 Å². The van der Waals surface area contributed by atoms with Crippen LogP contribution < -0.4 is 10.6 Å². The van der Waals surface area contributed by atoms with Crippen LogP contribution in [-0.2, 0) is 4.79 Å². The summed E-state index contributed by atoms with van der Waals surface area (Å²) < 4.78 is 27.0. The molecule has 1 unspecified atom stereocenters. The first-order valence-electron chi connectivity index (χ1n) is 6.40. The minimum Gasteiger partial charge on any atom is -0.308 e. The molecule has 1 aromatic carbocycles. The predicted octanol–water partition coefficient (Wildman–Crippen LogP) is 2.62. The van der Waals surface area contributed by atoms with E-state index >= 15 is 0 Å². The van der Waals surface area contributed by atoms with Gasteiger partial charge in [-0.1, -0.05) is 18.2 Å². The van der Waals surface area contributed by atoms with Crippen LogP contribution in [0.3, 0.4) is 0 Å². The summed E-state index contributed by atoms with van der Waals surface area (Å²) in [6.45, 7) is 0. The molecule has 0 saturated carbocycles. The molecule has 0 aliphatic heterocycles. The summed E-state index contributed by atoms with van der Waals surface area (Å²) in [6, 6.07) is 3.79. The number of hydrogen-bond donors (Lipinski definition) is 2. The molecular weight excluding hydrogens is 312 g/mol. The highest BCUT2D eigenvalue weighted by molar-refractivity contribution is 6.02. The van der Waals surface area contributed by atoms with E-state index in [4.69, 9.17) is 0 Å². The number of nitro benzene ring substituents is 1. The number of nitrogens with zero attached hydrogens (tertiary/aromatic N) is 1. The minimum absolute atomic E-state index is 0.173. The summed E-state index contributed by atoms with van der Waals surface area (Å²) in [5.74, 6) is -6.32. The normalized spacial score (nSPS) is 18.3. The molecular formula is C14H11F2N3O4. The quantitative estimate of drug-likeness (QED) is 0.659. The van der Waals surface area contributed by atoms with Crippen molar-refractivity contribution < 1.29 is 23.3 Å². The number of carbonyl (C=O) groups excluding carboxylic acids is 2. The highest BCUT2D eigenvalue weighted by Gasteiger charge is 2.41. The number of rotatable bonds is 3. The first-order valence-corrected chi connectivity index (χ1v) is 6.40. The molecule has 0 radical (unpaired) electrons. The van der Waals surface area contributed by atoms with E-state index < -0.39 is 28.7 Å². The number of halogens is 2. The maximum absolute atomic E-state index is 13.5. The number of allylic oxidation sites excluding steroid dienone is 3. The number of nitro groups is 1. The largest absolute Gasteiger partial charge is 0.325 e. The van der Waals surface area contributed by atoms with Crippen LogP contribution >= 0.6 is 0 Å². The molecule has 0 saturated heterocycles. The Morgan fingerprint density at radius 3 is 2.39 bits per heavy atom. The topological polar surface area (TPSA) is 101 Å². The molecule has 0 fully saturated rings. The number of imide groups is 1. The van der Waals surface area contributed by atoms with Crippen molar-refractivity contribution in [3.05, 3.63) is 58.7 Å². The molecule has 7 nitrogen and oxygen atoms in total. The van der Waals surface area contributed by atoms with Crippen molar-refractivity contribution in [2.45, 2.75) is 5.92 Å². The first-order chi connectivity index (χ1) is 10.8. The Bertz CT molecular complexity index is 698. The van der Waals surface area contributed by atoms with Gasteiger partial charge in [-0.15, -0.1) is 0 Å². The number of benzene rings is 1. The molecule has 1 aromatic rings. The van der Waals surface area contributed by atoms with Gasteiger partial charge >= 0.3 is 6.03 Å². The molecule has 9 heteroatoms. The maximum Gasteiger partial charge on any atom is 0.325 e. The maximum atomic E-state index is 13.5. The van der Waals surface area contributed by atoms with Crippen molar-refractivity contribution in [1.82, 2.24) is 5.32 Å². The number of urea groups is 1. The zero-order valence-corrected chi connectivity index (χ0v) is 11.5. The number of anilines is 1. The minimum atomic E-state index is -3.38. The lowest BCUT2D eigenvalue weighted by Gasteiger charge is -2.22. The molecule has 2 N–H and O–H groups in total. The summed E-state index contributed by atoms with van der Waals surface area (Å²) in [7, 11) is 0. The third kappa shape index (κ3) is 3.96. The van der Waals surface area contributed by atoms with Crippen molar-refractivity contribution in [3.8, 4) is 0 Å². The summed E-state index contributed by atoms with van der Waals surface area (Å²) in [4.78, 5) is 33.2. The van der Waals surface area contributed by atoms with Crippen LogP contribution in [0, 0.1) is 16.0 Å². The molecule has 2 rings (SSSR count). The highest BCUT2D eigenvalue weighted by atomic mass is 19.3. The number of carbonyl (C=O) groups is 2. The standard InChI is InChI=1S/C14H11F2N3O4/c15-14(16)8-2-1-3-11(14)12(20)18-13(21)17-9-4-6-10(7-5-9)19(22)23/h1-8,11H,(H2,17,18,20,21). The van der Waals surface area contributed by atoms with Gasteiger partial charge in [0.05, 0.1) is 4.92 Å². The fourth-order valence-corrected chi connectivity index (χ4v) is 1.87. The summed E-state index contributed by atoms with van der Waals surface area (Å²) in [5, 5.41) is 14.5. The number of non-ortho nitro benzene ring substituents is 1. The van der Waals surface area contributed by atoms with Crippen molar-refractivity contribution >= 4 is 23.3 Å². The van der Waals surface area contributed by atoms with Gasteiger partial charge in [0, 0.05) is 17.8 Å². The number of hydrogen-bond acceptors (Lipinski definition) is 4. The molecule has 1 aliphatic rings. The molecule has 0 aromatic heterocycles. The van der Waals surface area contributed by atoms with Gasteiger partial charge in [-0.05, 0) is 18.2 Å². The summed E-state index contributed by atoms with van der Waals surface area (Å²) in [6.07, 6.45) is 3.97. The highest BCUT2D eigenvalue weighted by Crippen LogP contribution is 2.30. The van der Waals surface area contributed by atoms with Crippen LogP contribution in [0.25, 0.3) is 0 Å². The Balaban J connectivity index is 1.96. The Kier molecular flexibility index (Phi) is 4.49. The van der Waals surface area contributed by atoms with Crippen molar-refractivity contribution in [3.63, 3.8) is 0 Å². The van der Waals surface area contributed by atoms with E-state index in [9.17, 15) is 28.5 Å². The van der Waals surface area contributed by atoms with Gasteiger partial charge in [0.2, 0.25) is 5.91 Å². The molecule has 0 bridgehead atoms. The number of nitrogens with one attached hydrogen (secondary N) is 2. The van der Waals surface area contributed by atoms with Gasteiger partial charge in [0.25, 0.3) is 11.6 Å². The monoisotopic (exact) mass is 323 g/mol. The van der Waals surface area contributed by atoms with Gasteiger partial charge in [0.15, 0.2) is 0 Å². The Morgan fingerprint density at radius 2 is 1.83 bits per heavy atom. The molecule has 1 atom stereocenters. The van der Waals surface area contributed by atoms with Crippen molar-refractivity contribution in [2.75, 3.05) is 5.32 Å². The lowest BCUT2D eigenvalue weighted by molar-refractivity contribution is -0.384. The van der Waals surface area contributed by atoms with Crippen molar-refractivity contribution in [2.24, 2.45) is 5.92 Å². The van der Waals surface area contributed by atoms with Crippen LogP contribution in [0.15, 0.2) is 48.6 Å². The molecule has 120 valence electrons. The first kappa shape index (κ1) is 16.3. The Labute approximate surface area is 128 Å². The van der Waals surface area contributed by atoms with Gasteiger partial charge < -0.3 is 5.32 Å². The van der Waals surface area contributed by atoms with E-state index in [0.717, 1.165) is 24.3 Å². The number of alkyl halides is 2. The van der Waals surface area contributed by atoms with Crippen LogP contribution in [0.2, 0.25) is 0 Å². The fourth-order valence-electron chi connectivity index (χ4n) is 1.87. The zero-order valence-electron chi connectivity index (χ0n) is 11.5. The molecule has 0 spiro atoms. The number of amides is 3. The molecule has 23 heavy (non-hydrogen) atoms. The van der Waals surface area contributed by atoms with E-state index in [1.54, 1.807) is 5.32 Å². The van der Waals surface area contributed by atoms with Crippen LogP contribution in [-0.4, -0.2) is 22.8 Å². The third-order valence-corrected chi connectivity index (χ3v) is 3.00. The summed E-state index contributed by atoms with van der Waals surface area (Å²) in [5.41, 5.74) is -0.00227. The zero-order chi connectivity index (χ0) is 17.0. The van der Waals surface area contributed by atoms with Crippen LogP contribution in [0.1, 0.15) is 0 Å². The lowest BCUT2D eigenvalue weighted by Crippen LogP contribution is -2.44. The van der Waals surface area contributed by atoms with Crippen molar-refractivity contribution in [1.29, 1.82) is 0 Å². The predicted molar refractivity (Wildman–Crippen MR) is 77.0 cm³/mol. The lowest BCUT2D eigenvalue weighted by atomic mass is 9.96. The Hall–Kier alpha value is -3.10. The Morgan fingerprint density at radius 1 is 1.17 bits per heavy atom. The van der Waals surface area contributed by atoms with E-state index in [1.807, 2.05) is 0 Å². The summed E-state index contributed by atoms with van der Waals surface area (Å²) >= 11 is 0. The second-order valence-corrected chi connectivity index (χ2v) is 4.64. The molecule has 0 heterocycles. The SMILES string of the molecule is O=C(NC(=O)C1C=CC=CC1(F)F)Nc1ccc([N+](=O)[O-])cc1. The van der Waals surface area contributed by atoms with E-state index in [0.29, 0.717) is 6.08 Å². The van der Waals surface area contributed by atoms with Gasteiger partial charge in [-0.25, -0.2) is 13.6 Å². The third-order valence-electron chi connectivity index (χ3n) is 3.00. The molecule has 3 amide bonds. The van der Waals surface area contributed by atoms with Gasteiger partial charge in [-0.2, -0.15) is 0 Å². The fraction of sp³-hybridized carbons (Fsp3) is 0.143. The van der Waals surface area contributed by atoms with E-state index in [2.05, 4.69) is 5.32 Å². The van der Waals surface area contributed by atoms with Crippen LogP contribution in [0.5, 0.6) is 0 Å². The van der Waals surface area contributed by atoms with E-state index in [-0.39, 0.29) is 11.4 Å². The molecule has 1 aliphatic carbocycles. The second-order valence-electron chi connectivity index (χ2n) is 4.64. The van der Waals surface area contributed by atoms with E-state index in [1.165, 1.54) is 18.2 Å². The average Bonchev–Trinajstić information content (AvgIpc) is 2.46. The smallest absolute Gasteiger partial charge is 0.308 e. The average molecular weight is 323 g/mol. The van der Waals surface area contributed by atoms with Crippen LogP contribution in [0.4, 0.5) is 25.0 Å².